The van der Waals surface area contributed by atoms with E-state index in [2.05, 4.69) is 34.3 Å². The molecule has 0 spiro atoms. The van der Waals surface area contributed by atoms with Crippen LogP contribution < -0.4 is 15.0 Å². The number of carbonyl (C=O) groups is 1. The van der Waals surface area contributed by atoms with Crippen LogP contribution >= 0.6 is 11.3 Å². The number of nitrogens with one attached hydrogen (secondary N) is 1. The average Bonchev–Trinajstić information content (AvgIpc) is 3.20. The maximum Gasteiger partial charge on any atom is 0.244 e. The molecule has 1 heterocycles. The molecule has 0 radical (unpaired) electrons. The topological polar surface area (TPSA) is 54.5 Å². The number of benzene rings is 2. The summed E-state index contributed by atoms with van der Waals surface area (Å²) in [6.45, 7) is 5.09. The molecule has 0 aliphatic heterocycles. The smallest absolute Gasteiger partial charge is 0.244 e. The summed E-state index contributed by atoms with van der Waals surface area (Å²) in [7, 11) is 2.03. The lowest BCUT2D eigenvalue weighted by Crippen LogP contribution is -2.39. The second-order valence-electron chi connectivity index (χ2n) is 7.09. The number of rotatable bonds is 9. The van der Waals surface area contributed by atoms with E-state index in [1.165, 1.54) is 0 Å². The fraction of sp³-hybridized carbons (Fsp3) is 0.250. The van der Waals surface area contributed by atoms with Crippen molar-refractivity contribution in [2.45, 2.75) is 26.5 Å². The number of amides is 1. The first kappa shape index (κ1) is 21.6. The predicted molar refractivity (Wildman–Crippen MR) is 124 cm³/mol. The summed E-state index contributed by atoms with van der Waals surface area (Å²) in [4.78, 5) is 18.7. The normalized spacial score (nSPS) is 12.0. The van der Waals surface area contributed by atoms with Crippen LogP contribution in [0.15, 0.2) is 66.1 Å². The first-order valence-electron chi connectivity index (χ1n) is 9.89. The fourth-order valence-electron chi connectivity index (χ4n) is 2.84. The zero-order chi connectivity index (χ0) is 21.3. The Bertz CT molecular complexity index is 968. The Kier molecular flexibility index (Phi) is 7.63. The highest BCUT2D eigenvalue weighted by atomic mass is 32.1. The van der Waals surface area contributed by atoms with Crippen molar-refractivity contribution < 1.29 is 9.53 Å². The first-order chi connectivity index (χ1) is 14.5. The van der Waals surface area contributed by atoms with Gasteiger partial charge in [0.2, 0.25) is 5.91 Å². The molecule has 156 valence electrons. The molecule has 1 unspecified atom stereocenters. The van der Waals surface area contributed by atoms with Crippen molar-refractivity contribution in [3.8, 4) is 5.75 Å². The van der Waals surface area contributed by atoms with Crippen molar-refractivity contribution in [3.63, 3.8) is 0 Å². The number of aryl methyl sites for hydroxylation is 1. The van der Waals surface area contributed by atoms with E-state index in [1.807, 2.05) is 61.8 Å². The van der Waals surface area contributed by atoms with Gasteiger partial charge in [-0.2, -0.15) is 0 Å². The second-order valence-corrected chi connectivity index (χ2v) is 8.15. The van der Waals surface area contributed by atoms with Gasteiger partial charge in [-0.1, -0.05) is 30.3 Å². The van der Waals surface area contributed by atoms with Crippen LogP contribution in [0.3, 0.4) is 0 Å². The quantitative estimate of drug-likeness (QED) is 0.510. The Morgan fingerprint density at radius 2 is 1.93 bits per heavy atom. The Morgan fingerprint density at radius 3 is 2.60 bits per heavy atom. The number of likely N-dealkylation sites (N-methyl/N-ethyl adjacent to an activating group) is 1. The molecule has 5 nitrogen and oxygen atoms in total. The maximum atomic E-state index is 12.2. The third-order valence-corrected chi connectivity index (χ3v) is 5.58. The summed E-state index contributed by atoms with van der Waals surface area (Å²) in [5.41, 5.74) is 3.00. The highest BCUT2D eigenvalue weighted by Gasteiger charge is 2.10. The van der Waals surface area contributed by atoms with Crippen molar-refractivity contribution in [1.82, 2.24) is 10.3 Å². The molecule has 0 aliphatic carbocycles. The van der Waals surface area contributed by atoms with Crippen LogP contribution in [0.4, 0.5) is 5.69 Å². The van der Waals surface area contributed by atoms with Crippen LogP contribution in [-0.4, -0.2) is 30.5 Å². The molecular weight excluding hydrogens is 394 g/mol. The van der Waals surface area contributed by atoms with Crippen LogP contribution in [0.2, 0.25) is 0 Å². The van der Waals surface area contributed by atoms with Gasteiger partial charge < -0.3 is 15.0 Å². The van der Waals surface area contributed by atoms with E-state index >= 15 is 0 Å². The zero-order valence-electron chi connectivity index (χ0n) is 17.5. The van der Waals surface area contributed by atoms with E-state index in [9.17, 15) is 4.79 Å². The first-order valence-corrected chi connectivity index (χ1v) is 10.8. The summed E-state index contributed by atoms with van der Waals surface area (Å²) in [6, 6.07) is 18.0. The van der Waals surface area contributed by atoms with E-state index in [-0.39, 0.29) is 11.9 Å². The van der Waals surface area contributed by atoms with Gasteiger partial charge in [0.05, 0.1) is 10.7 Å². The summed E-state index contributed by atoms with van der Waals surface area (Å²) in [5.74, 6) is 0.669. The largest absolute Gasteiger partial charge is 0.487 e. The highest BCUT2D eigenvalue weighted by molar-refractivity contribution is 7.09. The van der Waals surface area contributed by atoms with Gasteiger partial charge in [-0.05, 0) is 49.8 Å². The number of para-hydroxylation sites is 1. The lowest BCUT2D eigenvalue weighted by atomic mass is 10.2. The van der Waals surface area contributed by atoms with Crippen LogP contribution in [0.25, 0.3) is 6.08 Å². The molecule has 0 bridgehead atoms. The van der Waals surface area contributed by atoms with E-state index in [1.54, 1.807) is 23.5 Å². The molecule has 0 fully saturated rings. The van der Waals surface area contributed by atoms with Gasteiger partial charge in [-0.25, -0.2) is 4.98 Å². The van der Waals surface area contributed by atoms with Gasteiger partial charge in [0.25, 0.3) is 0 Å². The molecule has 0 aliphatic rings. The van der Waals surface area contributed by atoms with Gasteiger partial charge in [-0.3, -0.25) is 4.79 Å². The number of nitrogens with zero attached hydrogens (tertiary/aromatic N) is 2. The number of hydrogen-bond donors (Lipinski definition) is 1. The Balaban J connectivity index is 1.44. The molecule has 1 aromatic heterocycles. The van der Waals surface area contributed by atoms with Gasteiger partial charge in [0, 0.05) is 36.8 Å². The lowest BCUT2D eigenvalue weighted by Gasteiger charge is -2.27. The summed E-state index contributed by atoms with van der Waals surface area (Å²) in [6.07, 6.45) is 3.36. The molecule has 6 heteroatoms. The van der Waals surface area contributed by atoms with E-state index < -0.39 is 0 Å². The summed E-state index contributed by atoms with van der Waals surface area (Å²) in [5, 5.41) is 6.00. The molecule has 3 aromatic rings. The Morgan fingerprint density at radius 1 is 1.20 bits per heavy atom. The zero-order valence-corrected chi connectivity index (χ0v) is 18.4. The molecule has 0 saturated carbocycles. The molecular formula is C24H27N3O2S. The molecule has 1 amide bonds. The highest BCUT2D eigenvalue weighted by Crippen LogP contribution is 2.16. The number of thiazole rings is 1. The van der Waals surface area contributed by atoms with Crippen LogP contribution in [0, 0.1) is 6.92 Å². The van der Waals surface area contributed by atoms with Crippen molar-refractivity contribution in [3.05, 3.63) is 82.3 Å². The summed E-state index contributed by atoms with van der Waals surface area (Å²) >= 11 is 1.62. The SMILES string of the molecule is Cc1nc(COc2ccc(/C=C/C(=O)NCC(C)N(C)c3ccccc3)cc2)cs1. The minimum atomic E-state index is -0.109. The van der Waals surface area contributed by atoms with E-state index in [4.69, 9.17) is 4.74 Å². The van der Waals surface area contributed by atoms with E-state index in [0.29, 0.717) is 13.2 Å². The Hall–Kier alpha value is -3.12. The molecule has 0 saturated heterocycles. The van der Waals surface area contributed by atoms with Crippen molar-refractivity contribution in [2.75, 3.05) is 18.5 Å². The summed E-state index contributed by atoms with van der Waals surface area (Å²) < 4.78 is 5.75. The maximum absolute atomic E-state index is 12.2. The molecule has 2 aromatic carbocycles. The monoisotopic (exact) mass is 421 g/mol. The van der Waals surface area contributed by atoms with Gasteiger partial charge in [0.15, 0.2) is 0 Å². The number of aromatic nitrogens is 1. The van der Waals surface area contributed by atoms with Crippen molar-refractivity contribution in [1.29, 1.82) is 0 Å². The minimum absolute atomic E-state index is 0.109. The van der Waals surface area contributed by atoms with Gasteiger partial charge in [0.1, 0.15) is 12.4 Å². The molecule has 3 rings (SSSR count). The third-order valence-electron chi connectivity index (χ3n) is 4.76. The standard InChI is InChI=1S/C24H27N3O2S/c1-18(27(3)22-7-5-4-6-8-22)15-25-24(28)14-11-20-9-12-23(13-10-20)29-16-21-17-30-19(2)26-21/h4-14,17-18H,15-16H2,1-3H3,(H,25,28)/b14-11+. The van der Waals surface area contributed by atoms with Crippen LogP contribution in [-0.2, 0) is 11.4 Å². The number of ether oxygens (including phenoxy) is 1. The van der Waals surface area contributed by atoms with Gasteiger partial charge >= 0.3 is 0 Å². The Labute approximate surface area is 182 Å². The van der Waals surface area contributed by atoms with Gasteiger partial charge in [-0.15, -0.1) is 11.3 Å². The van der Waals surface area contributed by atoms with Crippen LogP contribution in [0.5, 0.6) is 5.75 Å². The van der Waals surface area contributed by atoms with Crippen molar-refractivity contribution >= 4 is 29.0 Å². The molecule has 1 atom stereocenters. The molecule has 30 heavy (non-hydrogen) atoms. The fourth-order valence-corrected chi connectivity index (χ4v) is 3.44. The number of hydrogen-bond acceptors (Lipinski definition) is 5. The molecule has 1 N–H and O–H groups in total. The third kappa shape index (κ3) is 6.46. The van der Waals surface area contributed by atoms with Crippen molar-refractivity contribution in [2.24, 2.45) is 0 Å². The predicted octanol–water partition coefficient (Wildman–Crippen LogP) is 4.68. The second kappa shape index (κ2) is 10.6. The number of carbonyl (C=O) groups excluding carboxylic acids is 1. The number of anilines is 1. The van der Waals surface area contributed by atoms with E-state index in [0.717, 1.165) is 27.7 Å². The minimum Gasteiger partial charge on any atom is -0.487 e. The lowest BCUT2D eigenvalue weighted by molar-refractivity contribution is -0.116. The van der Waals surface area contributed by atoms with Crippen LogP contribution in [0.1, 0.15) is 23.2 Å². The average molecular weight is 422 g/mol.